The van der Waals surface area contributed by atoms with Crippen LogP contribution in [0.5, 0.6) is 0 Å². The number of carbonyl (C=O) groups excluding carboxylic acids is 1. The summed E-state index contributed by atoms with van der Waals surface area (Å²) in [4.78, 5) is 13.7. The van der Waals surface area contributed by atoms with Crippen molar-refractivity contribution in [1.82, 2.24) is 4.90 Å². The highest BCUT2D eigenvalue weighted by Crippen LogP contribution is 2.39. The van der Waals surface area contributed by atoms with Crippen LogP contribution in [0, 0.1) is 5.92 Å². The molecule has 2 aliphatic rings. The highest BCUT2D eigenvalue weighted by molar-refractivity contribution is 5.68. The molecule has 1 heterocycles. The summed E-state index contributed by atoms with van der Waals surface area (Å²) in [6.07, 6.45) is 2.34. The van der Waals surface area contributed by atoms with Crippen LogP contribution in [-0.2, 0) is 11.3 Å². The Hall–Kier alpha value is -1.55. The lowest BCUT2D eigenvalue weighted by molar-refractivity contribution is -0.0191. The van der Waals surface area contributed by atoms with E-state index < -0.39 is 5.60 Å². The fourth-order valence-corrected chi connectivity index (χ4v) is 3.19. The molecule has 1 amide bonds. The SMILES string of the molecule is O=C(OCc1ccccc1)N1CC2CCC(O)(C2)C1. The Morgan fingerprint density at radius 1 is 1.42 bits per heavy atom. The molecule has 1 saturated heterocycles. The van der Waals surface area contributed by atoms with Crippen molar-refractivity contribution in [3.8, 4) is 0 Å². The van der Waals surface area contributed by atoms with E-state index in [-0.39, 0.29) is 6.09 Å². The molecule has 102 valence electrons. The van der Waals surface area contributed by atoms with Gasteiger partial charge >= 0.3 is 6.09 Å². The van der Waals surface area contributed by atoms with E-state index >= 15 is 0 Å². The maximum atomic E-state index is 12.0. The number of benzene rings is 1. The van der Waals surface area contributed by atoms with Gasteiger partial charge in [-0.25, -0.2) is 4.79 Å². The summed E-state index contributed by atoms with van der Waals surface area (Å²) in [5.41, 5.74) is 0.309. The number of β-amino-alcohol motifs (C(OH)–C–C–N with tert-alkyl or cyclic N) is 1. The molecule has 2 fully saturated rings. The van der Waals surface area contributed by atoms with Crippen molar-refractivity contribution in [2.24, 2.45) is 5.92 Å². The Balaban J connectivity index is 1.56. The van der Waals surface area contributed by atoms with Crippen molar-refractivity contribution in [3.63, 3.8) is 0 Å². The highest BCUT2D eigenvalue weighted by Gasteiger charge is 2.45. The van der Waals surface area contributed by atoms with Gasteiger partial charge in [0.05, 0.1) is 12.1 Å². The minimum absolute atomic E-state index is 0.291. The number of hydrogen-bond acceptors (Lipinski definition) is 3. The predicted octanol–water partition coefficient (Wildman–Crippen LogP) is 2.17. The molecule has 0 spiro atoms. The lowest BCUT2D eigenvalue weighted by Gasteiger charge is -2.36. The molecule has 0 aromatic heterocycles. The van der Waals surface area contributed by atoms with Gasteiger partial charge in [0.1, 0.15) is 6.61 Å². The number of rotatable bonds is 2. The molecule has 3 rings (SSSR count). The van der Waals surface area contributed by atoms with Gasteiger partial charge in [-0.05, 0) is 30.7 Å². The zero-order chi connectivity index (χ0) is 13.3. The van der Waals surface area contributed by atoms with Crippen LogP contribution in [0.4, 0.5) is 4.79 Å². The van der Waals surface area contributed by atoms with Gasteiger partial charge in [0, 0.05) is 6.54 Å². The van der Waals surface area contributed by atoms with Gasteiger partial charge in [0.2, 0.25) is 0 Å². The van der Waals surface area contributed by atoms with Crippen LogP contribution >= 0.6 is 0 Å². The minimum Gasteiger partial charge on any atom is -0.445 e. The number of aliphatic hydroxyl groups is 1. The molecule has 1 aliphatic carbocycles. The molecule has 4 heteroatoms. The van der Waals surface area contributed by atoms with E-state index in [9.17, 15) is 9.90 Å². The number of ether oxygens (including phenoxy) is 1. The molecule has 0 radical (unpaired) electrons. The molecule has 2 atom stereocenters. The van der Waals surface area contributed by atoms with Crippen LogP contribution in [0.15, 0.2) is 30.3 Å². The smallest absolute Gasteiger partial charge is 0.410 e. The Morgan fingerprint density at radius 3 is 2.95 bits per heavy atom. The van der Waals surface area contributed by atoms with E-state index in [0.29, 0.717) is 19.1 Å². The molecule has 1 saturated carbocycles. The number of amides is 1. The standard InChI is InChI=1S/C15H19NO3/c17-14(19-10-12-4-2-1-3-5-12)16-9-13-6-7-15(18,8-13)11-16/h1-5,13,18H,6-11H2. The minimum atomic E-state index is -0.672. The molecule has 1 N–H and O–H groups in total. The van der Waals surface area contributed by atoms with Gasteiger partial charge in [-0.3, -0.25) is 0 Å². The summed E-state index contributed by atoms with van der Waals surface area (Å²) in [5, 5.41) is 10.3. The van der Waals surface area contributed by atoms with Gasteiger partial charge in [-0.1, -0.05) is 30.3 Å². The van der Waals surface area contributed by atoms with Gasteiger partial charge in [-0.2, -0.15) is 0 Å². The van der Waals surface area contributed by atoms with E-state index in [4.69, 9.17) is 4.74 Å². The Labute approximate surface area is 113 Å². The average molecular weight is 261 g/mol. The summed E-state index contributed by atoms with van der Waals surface area (Å²) >= 11 is 0. The van der Waals surface area contributed by atoms with Crippen molar-refractivity contribution in [3.05, 3.63) is 35.9 Å². The predicted molar refractivity (Wildman–Crippen MR) is 70.5 cm³/mol. The Morgan fingerprint density at radius 2 is 2.21 bits per heavy atom. The van der Waals surface area contributed by atoms with Crippen LogP contribution in [-0.4, -0.2) is 34.8 Å². The molecule has 19 heavy (non-hydrogen) atoms. The van der Waals surface area contributed by atoms with Crippen LogP contribution in [0.25, 0.3) is 0 Å². The molecule has 2 bridgehead atoms. The van der Waals surface area contributed by atoms with Gasteiger partial charge < -0.3 is 14.7 Å². The first kappa shape index (κ1) is 12.5. The first-order chi connectivity index (χ1) is 9.15. The summed E-state index contributed by atoms with van der Waals surface area (Å²) in [5.74, 6) is 0.433. The molecule has 1 aliphatic heterocycles. The van der Waals surface area contributed by atoms with Gasteiger partial charge in [0.15, 0.2) is 0 Å². The summed E-state index contributed by atoms with van der Waals surface area (Å²) in [6.45, 7) is 1.42. The Bertz CT molecular complexity index is 462. The van der Waals surface area contributed by atoms with Crippen LogP contribution in [0.2, 0.25) is 0 Å². The van der Waals surface area contributed by atoms with E-state index in [1.165, 1.54) is 0 Å². The molecular weight excluding hydrogens is 242 g/mol. The largest absolute Gasteiger partial charge is 0.445 e. The molecule has 2 unspecified atom stereocenters. The normalized spacial score (nSPS) is 29.3. The van der Waals surface area contributed by atoms with Crippen molar-refractivity contribution >= 4 is 6.09 Å². The van der Waals surface area contributed by atoms with Crippen LogP contribution in [0.3, 0.4) is 0 Å². The lowest BCUT2D eigenvalue weighted by Crippen LogP contribution is -2.49. The lowest BCUT2D eigenvalue weighted by atomic mass is 9.95. The number of piperidine rings is 1. The maximum absolute atomic E-state index is 12.0. The average Bonchev–Trinajstić information content (AvgIpc) is 2.70. The zero-order valence-electron chi connectivity index (χ0n) is 10.9. The second-order valence-corrected chi connectivity index (χ2v) is 5.75. The third kappa shape index (κ3) is 2.73. The van der Waals surface area contributed by atoms with Gasteiger partial charge in [0.25, 0.3) is 0 Å². The van der Waals surface area contributed by atoms with Crippen molar-refractivity contribution in [2.75, 3.05) is 13.1 Å². The fraction of sp³-hybridized carbons (Fsp3) is 0.533. The molecule has 4 nitrogen and oxygen atoms in total. The van der Waals surface area contributed by atoms with Crippen molar-refractivity contribution < 1.29 is 14.6 Å². The second kappa shape index (κ2) is 4.85. The van der Waals surface area contributed by atoms with E-state index in [2.05, 4.69) is 0 Å². The molecular formula is C15H19NO3. The zero-order valence-corrected chi connectivity index (χ0v) is 10.9. The third-order valence-electron chi connectivity index (χ3n) is 4.11. The van der Waals surface area contributed by atoms with Crippen LogP contribution in [0.1, 0.15) is 24.8 Å². The van der Waals surface area contributed by atoms with Crippen molar-refractivity contribution in [2.45, 2.75) is 31.5 Å². The van der Waals surface area contributed by atoms with E-state index in [1.54, 1.807) is 4.90 Å². The highest BCUT2D eigenvalue weighted by atomic mass is 16.6. The summed E-state index contributed by atoms with van der Waals surface area (Å²) in [7, 11) is 0. The second-order valence-electron chi connectivity index (χ2n) is 5.75. The quantitative estimate of drug-likeness (QED) is 0.887. The van der Waals surface area contributed by atoms with E-state index in [1.807, 2.05) is 30.3 Å². The molecule has 1 aromatic rings. The van der Waals surface area contributed by atoms with E-state index in [0.717, 1.165) is 31.4 Å². The van der Waals surface area contributed by atoms with Crippen LogP contribution < -0.4 is 0 Å². The number of fused-ring (bicyclic) bond motifs is 2. The first-order valence-corrected chi connectivity index (χ1v) is 6.83. The number of hydrogen-bond donors (Lipinski definition) is 1. The maximum Gasteiger partial charge on any atom is 0.410 e. The first-order valence-electron chi connectivity index (χ1n) is 6.83. The van der Waals surface area contributed by atoms with Crippen molar-refractivity contribution in [1.29, 1.82) is 0 Å². The Kier molecular flexibility index (Phi) is 3.19. The summed E-state index contributed by atoms with van der Waals surface area (Å²) in [6, 6.07) is 9.64. The summed E-state index contributed by atoms with van der Waals surface area (Å²) < 4.78 is 5.31. The topological polar surface area (TPSA) is 49.8 Å². The molecule has 1 aromatic carbocycles. The monoisotopic (exact) mass is 261 g/mol. The van der Waals surface area contributed by atoms with Gasteiger partial charge in [-0.15, -0.1) is 0 Å². The number of likely N-dealkylation sites (tertiary alicyclic amines) is 1. The number of carbonyl (C=O) groups is 1. The number of nitrogens with zero attached hydrogens (tertiary/aromatic N) is 1. The third-order valence-corrected chi connectivity index (χ3v) is 4.11. The fourth-order valence-electron chi connectivity index (χ4n) is 3.19.